The zero-order chi connectivity index (χ0) is 18.1. The van der Waals surface area contributed by atoms with E-state index in [2.05, 4.69) is 11.1 Å². The van der Waals surface area contributed by atoms with Crippen LogP contribution < -0.4 is 5.63 Å². The normalized spacial score (nSPS) is 11.1. The number of thiol groups is 1. The maximum Gasteiger partial charge on any atom is 0.347 e. The van der Waals surface area contributed by atoms with Crippen molar-refractivity contribution in [1.29, 1.82) is 0 Å². The Bertz CT molecular complexity index is 1250. The molecule has 0 unspecified atom stereocenters. The predicted octanol–water partition coefficient (Wildman–Crippen LogP) is 3.29. The van der Waals surface area contributed by atoms with Crippen LogP contribution in [0.15, 0.2) is 80.8 Å². The predicted molar refractivity (Wildman–Crippen MR) is 98.6 cm³/mol. The van der Waals surface area contributed by atoms with E-state index in [1.807, 2.05) is 6.07 Å². The van der Waals surface area contributed by atoms with Crippen molar-refractivity contribution in [3.8, 4) is 22.6 Å². The summed E-state index contributed by atoms with van der Waals surface area (Å²) in [6.07, 6.45) is 0. The van der Waals surface area contributed by atoms with Crippen molar-refractivity contribution in [3.05, 3.63) is 83.2 Å². The van der Waals surface area contributed by atoms with Crippen LogP contribution >= 0.6 is 0 Å². The van der Waals surface area contributed by atoms with Crippen LogP contribution in [0.2, 0.25) is 0 Å². The topological polar surface area (TPSA) is 77.2 Å². The standard InChI is InChI=1S/C20H12NO4S/c22-20-17-9-1-2-10-18(17)21-19(25-20)15-7-3-5-13(11-15)14-6-4-8-16(12-14)26(23)24/h1-6,8-12,26H. The number of hydrogen-bond donors (Lipinski definition) is 1. The number of hydrogen-bond acceptors (Lipinski definition) is 5. The van der Waals surface area contributed by atoms with Crippen molar-refractivity contribution in [3.63, 3.8) is 0 Å². The number of nitrogens with zero attached hydrogens (tertiary/aromatic N) is 1. The van der Waals surface area contributed by atoms with Gasteiger partial charge in [0.25, 0.3) is 0 Å². The molecule has 0 spiro atoms. The van der Waals surface area contributed by atoms with E-state index in [4.69, 9.17) is 4.42 Å². The van der Waals surface area contributed by atoms with Gasteiger partial charge in [0, 0.05) is 5.56 Å². The summed E-state index contributed by atoms with van der Waals surface area (Å²) in [5.74, 6) is 0.168. The molecule has 0 bridgehead atoms. The molecule has 1 heterocycles. The van der Waals surface area contributed by atoms with E-state index >= 15 is 0 Å². The molecular formula is C20H12NO4S. The third-order valence-corrected chi connectivity index (χ3v) is 4.66. The summed E-state index contributed by atoms with van der Waals surface area (Å²) in [6, 6.07) is 21.8. The molecular weight excluding hydrogens is 350 g/mol. The van der Waals surface area contributed by atoms with Crippen LogP contribution in [0.3, 0.4) is 0 Å². The van der Waals surface area contributed by atoms with Gasteiger partial charge in [-0.15, -0.1) is 0 Å². The van der Waals surface area contributed by atoms with E-state index in [0.29, 0.717) is 16.5 Å². The molecule has 6 heteroatoms. The second-order valence-corrected chi connectivity index (χ2v) is 6.65. The molecule has 0 aliphatic rings. The Labute approximate surface area is 150 Å². The third kappa shape index (κ3) is 3.02. The smallest absolute Gasteiger partial charge is 0.347 e. The third-order valence-electron chi connectivity index (χ3n) is 3.96. The molecule has 5 nitrogen and oxygen atoms in total. The molecule has 4 rings (SSSR count). The molecule has 26 heavy (non-hydrogen) atoms. The number of benzene rings is 3. The highest BCUT2D eigenvalue weighted by molar-refractivity contribution is 7.72. The van der Waals surface area contributed by atoms with Crippen LogP contribution in [0.1, 0.15) is 0 Å². The molecule has 1 aromatic heterocycles. The summed E-state index contributed by atoms with van der Waals surface area (Å²) < 4.78 is 27.7. The summed E-state index contributed by atoms with van der Waals surface area (Å²) in [5.41, 5.74) is 2.11. The van der Waals surface area contributed by atoms with Gasteiger partial charge in [-0.25, -0.2) is 18.2 Å². The molecule has 0 saturated carbocycles. The fourth-order valence-corrected chi connectivity index (χ4v) is 3.15. The summed E-state index contributed by atoms with van der Waals surface area (Å²) in [7, 11) is -2.66. The van der Waals surface area contributed by atoms with Crippen LogP contribution in [-0.2, 0) is 10.7 Å². The summed E-state index contributed by atoms with van der Waals surface area (Å²) in [4.78, 5) is 16.8. The Balaban J connectivity index is 1.84. The van der Waals surface area contributed by atoms with Crippen molar-refractivity contribution in [2.24, 2.45) is 0 Å². The molecule has 0 saturated heterocycles. The Morgan fingerprint density at radius 2 is 1.73 bits per heavy atom. The fourth-order valence-electron chi connectivity index (χ4n) is 2.70. The Hall–Kier alpha value is -3.25. The van der Waals surface area contributed by atoms with Crippen molar-refractivity contribution in [2.75, 3.05) is 0 Å². The first-order chi connectivity index (χ1) is 12.6. The van der Waals surface area contributed by atoms with Crippen LogP contribution in [0.25, 0.3) is 33.5 Å². The molecule has 127 valence electrons. The molecule has 4 aromatic rings. The van der Waals surface area contributed by atoms with E-state index in [1.165, 1.54) is 6.07 Å². The van der Waals surface area contributed by atoms with Gasteiger partial charge in [0.2, 0.25) is 5.89 Å². The Kier molecular flexibility index (Phi) is 4.10. The number of rotatable bonds is 3. The van der Waals surface area contributed by atoms with Gasteiger partial charge in [0.15, 0.2) is 10.7 Å². The lowest BCUT2D eigenvalue weighted by molar-refractivity contribution is 0.518. The van der Waals surface area contributed by atoms with Crippen molar-refractivity contribution in [1.82, 2.24) is 4.98 Å². The van der Waals surface area contributed by atoms with Crippen LogP contribution in [-0.4, -0.2) is 13.4 Å². The first kappa shape index (κ1) is 16.2. The molecule has 3 aromatic carbocycles. The lowest BCUT2D eigenvalue weighted by Gasteiger charge is -2.05. The molecule has 0 fully saturated rings. The summed E-state index contributed by atoms with van der Waals surface area (Å²) in [6.45, 7) is 0. The van der Waals surface area contributed by atoms with E-state index in [-0.39, 0.29) is 10.8 Å². The Morgan fingerprint density at radius 3 is 2.58 bits per heavy atom. The van der Waals surface area contributed by atoms with Gasteiger partial charge in [0.05, 0.1) is 15.8 Å². The van der Waals surface area contributed by atoms with Gasteiger partial charge in [-0.2, -0.15) is 0 Å². The molecule has 0 aliphatic heterocycles. The largest absolute Gasteiger partial charge is 0.403 e. The average Bonchev–Trinajstić information content (AvgIpc) is 2.68. The van der Waals surface area contributed by atoms with E-state index in [0.717, 1.165) is 11.1 Å². The maximum absolute atomic E-state index is 12.2. The summed E-state index contributed by atoms with van der Waals surface area (Å²) in [5, 5.41) is 0.416. The minimum atomic E-state index is -2.66. The second kappa shape index (κ2) is 6.57. The summed E-state index contributed by atoms with van der Waals surface area (Å²) >= 11 is 0. The highest BCUT2D eigenvalue weighted by atomic mass is 32.2. The number of aromatic nitrogens is 1. The second-order valence-electron chi connectivity index (χ2n) is 5.62. The van der Waals surface area contributed by atoms with Gasteiger partial charge in [0.1, 0.15) is 0 Å². The van der Waals surface area contributed by atoms with Crippen LogP contribution in [0, 0.1) is 6.07 Å². The zero-order valence-electron chi connectivity index (χ0n) is 13.4. The van der Waals surface area contributed by atoms with Gasteiger partial charge in [-0.05, 0) is 47.5 Å². The molecule has 0 amide bonds. The quantitative estimate of drug-likeness (QED) is 0.566. The maximum atomic E-state index is 12.2. The van der Waals surface area contributed by atoms with E-state index < -0.39 is 16.3 Å². The zero-order valence-corrected chi connectivity index (χ0v) is 14.3. The van der Waals surface area contributed by atoms with Gasteiger partial charge in [-0.1, -0.05) is 36.4 Å². The molecule has 1 radical (unpaired) electrons. The number of para-hydroxylation sites is 1. The number of fused-ring (bicyclic) bond motifs is 1. The van der Waals surface area contributed by atoms with Crippen LogP contribution in [0.4, 0.5) is 0 Å². The van der Waals surface area contributed by atoms with E-state index in [9.17, 15) is 13.2 Å². The fraction of sp³-hybridized carbons (Fsp3) is 0. The van der Waals surface area contributed by atoms with Gasteiger partial charge < -0.3 is 4.42 Å². The molecule has 0 aliphatic carbocycles. The first-order valence-corrected chi connectivity index (χ1v) is 8.96. The lowest BCUT2D eigenvalue weighted by Crippen LogP contribution is -2.02. The van der Waals surface area contributed by atoms with Crippen molar-refractivity contribution in [2.45, 2.75) is 4.90 Å². The van der Waals surface area contributed by atoms with Gasteiger partial charge >= 0.3 is 5.63 Å². The average molecular weight is 362 g/mol. The minimum absolute atomic E-state index is 0.168. The Morgan fingerprint density at radius 1 is 0.923 bits per heavy atom. The van der Waals surface area contributed by atoms with Crippen molar-refractivity contribution < 1.29 is 12.8 Å². The lowest BCUT2D eigenvalue weighted by atomic mass is 10.0. The first-order valence-electron chi connectivity index (χ1n) is 7.79. The van der Waals surface area contributed by atoms with Crippen molar-refractivity contribution >= 4 is 21.6 Å². The molecule has 0 atom stereocenters. The monoisotopic (exact) mass is 362 g/mol. The highest BCUT2D eigenvalue weighted by Crippen LogP contribution is 2.26. The van der Waals surface area contributed by atoms with E-state index in [1.54, 1.807) is 54.6 Å². The molecule has 0 N–H and O–H groups in total. The highest BCUT2D eigenvalue weighted by Gasteiger charge is 2.10. The SMILES string of the molecule is O=c1oc(-c2[c]ccc(-c3cccc([SH](=O)=O)c3)c2)nc2ccccc12. The minimum Gasteiger partial charge on any atom is -0.403 e. The van der Waals surface area contributed by atoms with Gasteiger partial charge in [-0.3, -0.25) is 0 Å². The van der Waals surface area contributed by atoms with Crippen LogP contribution in [0.5, 0.6) is 0 Å².